The Morgan fingerprint density at radius 2 is 1.86 bits per heavy atom. The third kappa shape index (κ3) is 4.43. The van der Waals surface area contributed by atoms with Gasteiger partial charge in [-0.2, -0.15) is 0 Å². The minimum Gasteiger partial charge on any atom is -0.507 e. The number of anilines is 1. The van der Waals surface area contributed by atoms with Crippen LogP contribution in [0.3, 0.4) is 0 Å². The average Bonchev–Trinajstić information content (AvgIpc) is 3.21. The zero-order valence-electron chi connectivity index (χ0n) is 20.7. The number of ether oxygens (including phenoxy) is 3. The summed E-state index contributed by atoms with van der Waals surface area (Å²) in [7, 11) is 2.87. The van der Waals surface area contributed by atoms with Crippen molar-refractivity contribution in [3.8, 4) is 11.5 Å². The van der Waals surface area contributed by atoms with Crippen LogP contribution in [0.25, 0.3) is 6.08 Å². The predicted molar refractivity (Wildman–Crippen MR) is 131 cm³/mol. The van der Waals surface area contributed by atoms with E-state index in [0.717, 1.165) is 0 Å². The normalized spacial score (nSPS) is 28.7. The van der Waals surface area contributed by atoms with Crippen LogP contribution in [-0.4, -0.2) is 58.9 Å². The molecule has 2 heterocycles. The first-order valence-corrected chi connectivity index (χ1v) is 11.6. The molecule has 2 aromatic carbocycles. The molecule has 2 aliphatic rings. The Hall–Kier alpha value is -2.91. The summed E-state index contributed by atoms with van der Waals surface area (Å²) in [5, 5.41) is 36.4. The summed E-state index contributed by atoms with van der Waals surface area (Å²) in [5.41, 5.74) is -2.28. The van der Waals surface area contributed by atoms with E-state index >= 15 is 0 Å². The fourth-order valence-corrected chi connectivity index (χ4v) is 4.92. The molecule has 0 bridgehead atoms. The van der Waals surface area contributed by atoms with Gasteiger partial charge in [0.25, 0.3) is 5.91 Å². The van der Waals surface area contributed by atoms with Crippen LogP contribution in [0.2, 0.25) is 0 Å². The van der Waals surface area contributed by atoms with Gasteiger partial charge in [0.05, 0.1) is 35.7 Å². The second-order valence-corrected chi connectivity index (χ2v) is 9.97. The van der Waals surface area contributed by atoms with E-state index in [0.29, 0.717) is 35.4 Å². The Bertz CT molecular complexity index is 1140. The van der Waals surface area contributed by atoms with Gasteiger partial charge in [0.1, 0.15) is 11.5 Å². The third-order valence-electron chi connectivity index (χ3n) is 6.95. The van der Waals surface area contributed by atoms with Crippen LogP contribution in [0, 0.1) is 0 Å². The van der Waals surface area contributed by atoms with Gasteiger partial charge in [-0.15, -0.1) is 0 Å². The van der Waals surface area contributed by atoms with Crippen molar-refractivity contribution in [2.24, 2.45) is 0 Å². The predicted octanol–water partition coefficient (Wildman–Crippen LogP) is 3.33. The van der Waals surface area contributed by atoms with Crippen LogP contribution in [0.1, 0.15) is 50.3 Å². The molecule has 188 valence electrons. The second-order valence-electron chi connectivity index (χ2n) is 9.97. The van der Waals surface area contributed by atoms with Crippen molar-refractivity contribution in [2.75, 3.05) is 19.5 Å². The molecule has 0 aromatic heterocycles. The number of hydrogen-bond acceptors (Lipinski definition) is 7. The van der Waals surface area contributed by atoms with Gasteiger partial charge in [0.15, 0.2) is 11.7 Å². The highest BCUT2D eigenvalue weighted by Crippen LogP contribution is 2.48. The Balaban J connectivity index is 1.77. The van der Waals surface area contributed by atoms with Crippen LogP contribution < -0.4 is 10.1 Å². The summed E-state index contributed by atoms with van der Waals surface area (Å²) >= 11 is 0. The van der Waals surface area contributed by atoms with Gasteiger partial charge in [0, 0.05) is 12.7 Å². The van der Waals surface area contributed by atoms with E-state index in [9.17, 15) is 20.1 Å². The Morgan fingerprint density at radius 3 is 2.43 bits per heavy atom. The number of fused-ring (bicyclic) bond motifs is 1. The van der Waals surface area contributed by atoms with Crippen molar-refractivity contribution >= 4 is 17.7 Å². The van der Waals surface area contributed by atoms with Crippen molar-refractivity contribution in [3.05, 3.63) is 59.2 Å². The molecule has 2 aromatic rings. The highest BCUT2D eigenvalue weighted by Gasteiger charge is 2.51. The zero-order valence-corrected chi connectivity index (χ0v) is 20.7. The first kappa shape index (κ1) is 25.2. The summed E-state index contributed by atoms with van der Waals surface area (Å²) < 4.78 is 16.7. The average molecular weight is 484 g/mol. The highest BCUT2D eigenvalue weighted by molar-refractivity contribution is 6.00. The smallest absolute Gasteiger partial charge is 0.257 e. The maximum atomic E-state index is 12.8. The molecule has 8 nitrogen and oxygen atoms in total. The quantitative estimate of drug-likeness (QED) is 0.498. The maximum absolute atomic E-state index is 12.8. The lowest BCUT2D eigenvalue weighted by molar-refractivity contribution is -0.142. The molecule has 0 spiro atoms. The number of amides is 1. The molecule has 8 heteroatoms. The lowest BCUT2D eigenvalue weighted by atomic mass is 9.76. The summed E-state index contributed by atoms with van der Waals surface area (Å²) in [6, 6.07) is 9.93. The molecule has 1 saturated heterocycles. The Morgan fingerprint density at radius 1 is 1.17 bits per heavy atom. The molecule has 2 unspecified atom stereocenters. The molecule has 4 atom stereocenters. The standard InChI is InChI=1S/C27H33NO7/c1-25(2,31)20-13-15-26(3,35-20)14-12-16-6-11-19-21(22(16)29)27(32,23(34-5)24(30)28-19)17-7-9-18(33-4)10-8-17/h6-12,14,20,23,29,31-32H,13,15H2,1-5H3,(H,28,30)/b14-12+/t20?,23-,26?,27+/m0/s1. The molecule has 4 rings (SSSR count). The van der Waals surface area contributed by atoms with Gasteiger partial charge in [0.2, 0.25) is 0 Å². The van der Waals surface area contributed by atoms with Gasteiger partial charge in [-0.05, 0) is 63.4 Å². The number of rotatable bonds is 6. The third-order valence-corrected chi connectivity index (χ3v) is 6.95. The molecular formula is C27H33NO7. The van der Waals surface area contributed by atoms with Crippen LogP contribution in [0.15, 0.2) is 42.5 Å². The van der Waals surface area contributed by atoms with Gasteiger partial charge < -0.3 is 34.8 Å². The van der Waals surface area contributed by atoms with E-state index < -0.39 is 28.8 Å². The largest absolute Gasteiger partial charge is 0.507 e. The lowest BCUT2D eigenvalue weighted by Crippen LogP contribution is -2.52. The number of phenols is 1. The zero-order chi connectivity index (χ0) is 25.6. The number of carbonyl (C=O) groups is 1. The van der Waals surface area contributed by atoms with Crippen LogP contribution >= 0.6 is 0 Å². The summed E-state index contributed by atoms with van der Waals surface area (Å²) in [6.45, 7) is 5.38. The molecule has 4 N–H and O–H groups in total. The minimum atomic E-state index is -1.95. The highest BCUT2D eigenvalue weighted by atomic mass is 16.5. The molecule has 0 radical (unpaired) electrons. The van der Waals surface area contributed by atoms with Crippen molar-refractivity contribution in [1.82, 2.24) is 0 Å². The van der Waals surface area contributed by atoms with E-state index in [1.165, 1.54) is 14.2 Å². The Kier molecular flexibility index (Phi) is 6.44. The van der Waals surface area contributed by atoms with E-state index in [4.69, 9.17) is 14.2 Å². The molecule has 2 aliphatic heterocycles. The van der Waals surface area contributed by atoms with Crippen LogP contribution in [0.4, 0.5) is 5.69 Å². The van der Waals surface area contributed by atoms with E-state index in [1.54, 1.807) is 56.3 Å². The molecule has 35 heavy (non-hydrogen) atoms. The monoisotopic (exact) mass is 483 g/mol. The molecule has 0 saturated carbocycles. The van der Waals surface area contributed by atoms with Gasteiger partial charge in [-0.1, -0.05) is 24.3 Å². The van der Waals surface area contributed by atoms with Crippen molar-refractivity contribution < 1.29 is 34.3 Å². The van der Waals surface area contributed by atoms with Crippen molar-refractivity contribution in [1.29, 1.82) is 0 Å². The minimum absolute atomic E-state index is 0.142. The fraction of sp³-hybridized carbons (Fsp3) is 0.444. The number of aliphatic hydroxyl groups is 2. The number of benzene rings is 2. The first-order valence-electron chi connectivity index (χ1n) is 11.6. The molecule has 1 amide bonds. The van der Waals surface area contributed by atoms with Gasteiger partial charge >= 0.3 is 0 Å². The molecule has 0 aliphatic carbocycles. The second kappa shape index (κ2) is 8.95. The van der Waals surface area contributed by atoms with Gasteiger partial charge in [-0.25, -0.2) is 0 Å². The number of methoxy groups -OCH3 is 2. The van der Waals surface area contributed by atoms with Crippen LogP contribution in [0.5, 0.6) is 11.5 Å². The number of hydrogen-bond donors (Lipinski definition) is 4. The number of aromatic hydroxyl groups is 1. The SMILES string of the molecule is COc1ccc([C@@]2(O)c3c(ccc(/C=C/C4(C)CCC(C(C)(C)O)O4)c3O)NC(=O)[C@@H]2OC)cc1. The van der Waals surface area contributed by atoms with E-state index in [-0.39, 0.29) is 17.4 Å². The summed E-state index contributed by atoms with van der Waals surface area (Å²) in [6.07, 6.45) is 3.40. The number of carbonyl (C=O) groups excluding carboxylic acids is 1. The maximum Gasteiger partial charge on any atom is 0.257 e. The van der Waals surface area contributed by atoms with Crippen molar-refractivity contribution in [3.63, 3.8) is 0 Å². The summed E-state index contributed by atoms with van der Waals surface area (Å²) in [4.78, 5) is 12.8. The summed E-state index contributed by atoms with van der Waals surface area (Å²) in [5.74, 6) is -0.118. The lowest BCUT2D eigenvalue weighted by Gasteiger charge is -2.40. The molecule has 1 fully saturated rings. The van der Waals surface area contributed by atoms with Crippen molar-refractivity contribution in [2.45, 2.75) is 62.6 Å². The fourth-order valence-electron chi connectivity index (χ4n) is 4.92. The van der Waals surface area contributed by atoms with E-state index in [1.807, 2.05) is 13.0 Å². The van der Waals surface area contributed by atoms with Crippen LogP contribution in [-0.2, 0) is 19.9 Å². The van der Waals surface area contributed by atoms with Gasteiger partial charge in [-0.3, -0.25) is 4.79 Å². The first-order chi connectivity index (χ1) is 16.4. The number of phenolic OH excluding ortho intramolecular Hbond substituents is 1. The number of nitrogens with one attached hydrogen (secondary N) is 1. The molecular weight excluding hydrogens is 450 g/mol. The van der Waals surface area contributed by atoms with E-state index in [2.05, 4.69) is 5.32 Å². The Labute approximate surface area is 205 Å². The topological polar surface area (TPSA) is 117 Å².